The van der Waals surface area contributed by atoms with Crippen LogP contribution in [0.3, 0.4) is 0 Å². The minimum Gasteiger partial charge on any atom is -0.454 e. The minimum atomic E-state index is -3.10. The topological polar surface area (TPSA) is 100 Å². The highest BCUT2D eigenvalue weighted by Crippen LogP contribution is 2.48. The van der Waals surface area contributed by atoms with Crippen LogP contribution in [0.4, 0.5) is 5.69 Å². The van der Waals surface area contributed by atoms with Crippen LogP contribution in [0.2, 0.25) is 0 Å². The quantitative estimate of drug-likeness (QED) is 0.457. The normalized spacial score (nSPS) is 19.2. The predicted octanol–water partition coefficient (Wildman–Crippen LogP) is 5.09. The number of hydrogen-bond donors (Lipinski definition) is 1. The maximum absolute atomic E-state index is 13.1. The molecule has 188 valence electrons. The van der Waals surface area contributed by atoms with Crippen LogP contribution in [-0.2, 0) is 31.2 Å². The van der Waals surface area contributed by atoms with Crippen LogP contribution in [-0.4, -0.2) is 48.4 Å². The van der Waals surface area contributed by atoms with Gasteiger partial charge in [-0.3, -0.25) is 14.2 Å². The van der Waals surface area contributed by atoms with E-state index in [1.165, 1.54) is 11.8 Å². The van der Waals surface area contributed by atoms with Gasteiger partial charge in [-0.2, -0.15) is 0 Å². The number of Topliss-reactive ketones (excluding diaryl/α,β-unsaturated/α-hetero) is 1. The minimum absolute atomic E-state index is 0.0145. The molecule has 0 unspecified atom stereocenters. The zero-order chi connectivity index (χ0) is 25.0. The van der Waals surface area contributed by atoms with Gasteiger partial charge in [-0.15, -0.1) is 11.8 Å². The van der Waals surface area contributed by atoms with Crippen molar-refractivity contribution in [1.29, 1.82) is 0 Å². The number of ether oxygens (including phenoxy) is 2. The van der Waals surface area contributed by atoms with Gasteiger partial charge < -0.3 is 23.8 Å². The maximum atomic E-state index is 13.1. The van der Waals surface area contributed by atoms with Gasteiger partial charge in [0.15, 0.2) is 17.3 Å². The molecule has 0 radical (unpaired) electrons. The first kappa shape index (κ1) is 25.8. The summed E-state index contributed by atoms with van der Waals surface area (Å²) in [6.45, 7) is 6.20. The zero-order valence-corrected chi connectivity index (χ0v) is 21.8. The SMILES string of the molecule is CCOP(=O)(CCc1ccc(NC(=O)[C@H]2Cc3cc4c(cc3C(=O)[C@H](C)S2)OCO4)cc1)OCC. The first-order valence-corrected chi connectivity index (χ1v) is 14.4. The Morgan fingerprint density at radius 1 is 1.11 bits per heavy atom. The second kappa shape index (κ2) is 11.2. The van der Waals surface area contributed by atoms with Crippen LogP contribution < -0.4 is 14.8 Å². The van der Waals surface area contributed by atoms with Crippen molar-refractivity contribution < 1.29 is 32.7 Å². The standard InChI is InChI=1S/C25H30NO7PS/c1-4-32-34(29,33-5-2)11-10-17-6-8-19(9-7-17)26-25(28)23-13-18-12-21-22(31-15-30-21)14-20(18)24(27)16(3)35-23/h6-9,12,14,16,23H,4-5,10-11,13,15H2,1-3H3,(H,26,28)/t16-,23+/m0/s1. The third-order valence-corrected chi connectivity index (χ3v) is 9.25. The summed E-state index contributed by atoms with van der Waals surface area (Å²) in [7, 11) is -3.10. The maximum Gasteiger partial charge on any atom is 0.330 e. The van der Waals surface area contributed by atoms with Crippen molar-refractivity contribution in [2.75, 3.05) is 31.5 Å². The van der Waals surface area contributed by atoms with E-state index < -0.39 is 12.8 Å². The molecule has 0 bridgehead atoms. The van der Waals surface area contributed by atoms with E-state index >= 15 is 0 Å². The van der Waals surface area contributed by atoms with E-state index in [0.29, 0.717) is 55.0 Å². The van der Waals surface area contributed by atoms with Crippen LogP contribution in [0.5, 0.6) is 11.5 Å². The zero-order valence-electron chi connectivity index (χ0n) is 20.1. The van der Waals surface area contributed by atoms with E-state index in [4.69, 9.17) is 18.5 Å². The number of thioether (sulfide) groups is 1. The summed E-state index contributed by atoms with van der Waals surface area (Å²) in [5, 5.41) is 2.17. The summed E-state index contributed by atoms with van der Waals surface area (Å²) in [5.41, 5.74) is 3.01. The van der Waals surface area contributed by atoms with Gasteiger partial charge in [0.1, 0.15) is 0 Å². The lowest BCUT2D eigenvalue weighted by Gasteiger charge is -2.17. The summed E-state index contributed by atoms with van der Waals surface area (Å²) in [6.07, 6.45) is 1.25. The van der Waals surface area contributed by atoms with Gasteiger partial charge in [0.25, 0.3) is 0 Å². The molecule has 1 N–H and O–H groups in total. The van der Waals surface area contributed by atoms with E-state index in [9.17, 15) is 14.2 Å². The van der Waals surface area contributed by atoms with E-state index in [1.807, 2.05) is 37.3 Å². The second-order valence-electron chi connectivity index (χ2n) is 8.30. The fourth-order valence-electron chi connectivity index (χ4n) is 4.12. The number of hydrogen-bond acceptors (Lipinski definition) is 8. The van der Waals surface area contributed by atoms with Crippen molar-refractivity contribution >= 4 is 36.7 Å². The number of rotatable bonds is 9. The molecule has 2 aliphatic rings. The molecule has 0 saturated carbocycles. The van der Waals surface area contributed by atoms with Gasteiger partial charge in [-0.05, 0) is 69.0 Å². The third kappa shape index (κ3) is 6.09. The summed E-state index contributed by atoms with van der Waals surface area (Å²) in [5.74, 6) is 0.990. The van der Waals surface area contributed by atoms with Gasteiger partial charge in [-0.25, -0.2) is 0 Å². The summed E-state index contributed by atoms with van der Waals surface area (Å²) >= 11 is 1.36. The molecule has 2 heterocycles. The van der Waals surface area contributed by atoms with Gasteiger partial charge in [0.05, 0.1) is 29.9 Å². The van der Waals surface area contributed by atoms with Gasteiger partial charge in [0.2, 0.25) is 12.7 Å². The number of carbonyl (C=O) groups is 2. The van der Waals surface area contributed by atoms with Crippen LogP contribution in [0.25, 0.3) is 0 Å². The Kier molecular flexibility index (Phi) is 8.22. The molecule has 2 aromatic carbocycles. The number of carbonyl (C=O) groups excluding carboxylic acids is 2. The Bertz CT molecular complexity index is 1130. The van der Waals surface area contributed by atoms with Crippen molar-refractivity contribution in [1.82, 2.24) is 0 Å². The highest BCUT2D eigenvalue weighted by atomic mass is 32.2. The van der Waals surface area contributed by atoms with Crippen LogP contribution >= 0.6 is 19.4 Å². The average molecular weight is 520 g/mol. The third-order valence-electron chi connectivity index (χ3n) is 5.85. The molecule has 4 rings (SSSR count). The predicted molar refractivity (Wildman–Crippen MR) is 136 cm³/mol. The smallest absolute Gasteiger partial charge is 0.330 e. The molecule has 2 atom stereocenters. The van der Waals surface area contributed by atoms with Gasteiger partial charge in [-0.1, -0.05) is 12.1 Å². The Morgan fingerprint density at radius 3 is 2.43 bits per heavy atom. The molecule has 0 saturated heterocycles. The number of aryl methyl sites for hydroxylation is 1. The molecule has 10 heteroatoms. The largest absolute Gasteiger partial charge is 0.454 e. The molecular formula is C25H30NO7PS. The highest BCUT2D eigenvalue weighted by molar-refractivity contribution is 8.02. The highest BCUT2D eigenvalue weighted by Gasteiger charge is 2.34. The number of benzene rings is 2. The fraction of sp³-hybridized carbons (Fsp3) is 0.440. The molecule has 8 nitrogen and oxygen atoms in total. The number of anilines is 1. The van der Waals surface area contributed by atoms with Crippen molar-refractivity contribution in [3.05, 3.63) is 53.1 Å². The summed E-state index contributed by atoms with van der Waals surface area (Å²) in [6, 6.07) is 11.0. The van der Waals surface area contributed by atoms with Crippen molar-refractivity contribution in [3.8, 4) is 11.5 Å². The number of fused-ring (bicyclic) bond motifs is 2. The van der Waals surface area contributed by atoms with Crippen molar-refractivity contribution in [3.63, 3.8) is 0 Å². The summed E-state index contributed by atoms with van der Waals surface area (Å²) < 4.78 is 34.2. The lowest BCUT2D eigenvalue weighted by Crippen LogP contribution is -2.28. The van der Waals surface area contributed by atoms with Gasteiger partial charge in [0, 0.05) is 11.3 Å². The fourth-order valence-corrected chi connectivity index (χ4v) is 6.97. The Balaban J connectivity index is 1.41. The summed E-state index contributed by atoms with van der Waals surface area (Å²) in [4.78, 5) is 26.1. The first-order valence-electron chi connectivity index (χ1n) is 11.7. The Labute approximate surface area is 209 Å². The van der Waals surface area contributed by atoms with Crippen molar-refractivity contribution in [2.45, 2.75) is 44.1 Å². The van der Waals surface area contributed by atoms with E-state index in [-0.39, 0.29) is 23.7 Å². The number of nitrogens with one attached hydrogen (secondary N) is 1. The van der Waals surface area contributed by atoms with Crippen LogP contribution in [0.1, 0.15) is 42.3 Å². The average Bonchev–Trinajstić information content (AvgIpc) is 3.25. The number of ketones is 1. The van der Waals surface area contributed by atoms with E-state index in [1.54, 1.807) is 19.9 Å². The van der Waals surface area contributed by atoms with Crippen LogP contribution in [0.15, 0.2) is 36.4 Å². The Hall–Kier alpha value is -2.32. The lowest BCUT2D eigenvalue weighted by atomic mass is 9.97. The molecule has 2 aliphatic heterocycles. The number of amides is 1. The van der Waals surface area contributed by atoms with E-state index in [2.05, 4.69) is 5.32 Å². The monoisotopic (exact) mass is 519 g/mol. The first-order chi connectivity index (χ1) is 16.8. The van der Waals surface area contributed by atoms with E-state index in [0.717, 1.165) is 11.1 Å². The lowest BCUT2D eigenvalue weighted by molar-refractivity contribution is -0.115. The van der Waals surface area contributed by atoms with Crippen LogP contribution in [0, 0.1) is 0 Å². The van der Waals surface area contributed by atoms with Gasteiger partial charge >= 0.3 is 7.60 Å². The van der Waals surface area contributed by atoms with Crippen molar-refractivity contribution in [2.24, 2.45) is 0 Å². The second-order valence-corrected chi connectivity index (χ2v) is 12.0. The molecule has 0 spiro atoms. The molecule has 35 heavy (non-hydrogen) atoms. The molecular weight excluding hydrogens is 489 g/mol. The molecule has 0 aliphatic carbocycles. The molecule has 2 aromatic rings. The molecule has 1 amide bonds. The molecule has 0 fully saturated rings. The Morgan fingerprint density at radius 2 is 1.77 bits per heavy atom. The molecule has 0 aromatic heterocycles.